The largest absolute Gasteiger partial charge is 0.467 e. The number of carbonyl (C=O) groups is 4. The van der Waals surface area contributed by atoms with Crippen LogP contribution in [0.25, 0.3) is 21.8 Å². The highest BCUT2D eigenvalue weighted by molar-refractivity contribution is 6.08. The number of amidine groups is 1. The molecule has 1 unspecified atom stereocenters. The number of fused-ring (bicyclic) bond motifs is 2. The Morgan fingerprint density at radius 3 is 2.33 bits per heavy atom. The first-order valence-corrected chi connectivity index (χ1v) is 14.5. The molecular weight excluding hydrogens is 548 g/mol. The average molecular weight is 589 g/mol. The first-order chi connectivity index (χ1) is 20.6. The minimum absolute atomic E-state index is 0.210. The summed E-state index contributed by atoms with van der Waals surface area (Å²) in [4.78, 5) is 51.8. The molecule has 0 fully saturated rings. The predicted molar refractivity (Wildman–Crippen MR) is 166 cm³/mol. The van der Waals surface area contributed by atoms with E-state index in [0.717, 1.165) is 32.9 Å². The third kappa shape index (κ3) is 7.79. The van der Waals surface area contributed by atoms with E-state index in [9.17, 15) is 19.2 Å². The maximum absolute atomic E-state index is 13.6. The molecule has 1 aliphatic heterocycles. The van der Waals surface area contributed by atoms with Gasteiger partial charge in [-0.15, -0.1) is 0 Å². The fraction of sp³-hybridized carbons (Fsp3) is 0.406. The molecule has 0 aliphatic carbocycles. The number of nitrogens with zero attached hydrogens (tertiary/aromatic N) is 1. The number of methoxy groups -OCH3 is 1. The SMILES string of the molecule is COC(=O)[C@@H]1C/C=C/Cc2ccc3c(c2)c2cc(ccc2n3C)CC(NC(C)=O)C(=O)N[C@@H](CCCNC(C)=N)C(=O)N1. The molecule has 3 atom stereocenters. The van der Waals surface area contributed by atoms with Gasteiger partial charge in [0.2, 0.25) is 17.7 Å². The minimum atomic E-state index is -0.984. The summed E-state index contributed by atoms with van der Waals surface area (Å²) in [5.74, 6) is -1.72. The van der Waals surface area contributed by atoms with Gasteiger partial charge in [-0.05, 0) is 68.0 Å². The number of hydrogen-bond donors (Lipinski definition) is 5. The highest BCUT2D eigenvalue weighted by Gasteiger charge is 2.29. The van der Waals surface area contributed by atoms with Crippen LogP contribution in [0.1, 0.15) is 44.2 Å². The number of carbonyl (C=O) groups excluding carboxylic acids is 4. The Balaban J connectivity index is 1.74. The van der Waals surface area contributed by atoms with Gasteiger partial charge in [-0.3, -0.25) is 19.8 Å². The van der Waals surface area contributed by atoms with Crippen molar-refractivity contribution in [1.82, 2.24) is 25.8 Å². The average Bonchev–Trinajstić information content (AvgIpc) is 3.24. The van der Waals surface area contributed by atoms with Crippen molar-refractivity contribution in [3.8, 4) is 0 Å². The smallest absolute Gasteiger partial charge is 0.328 e. The molecular formula is C32H40N6O5. The summed E-state index contributed by atoms with van der Waals surface area (Å²) >= 11 is 0. The van der Waals surface area contributed by atoms with E-state index >= 15 is 0 Å². The summed E-state index contributed by atoms with van der Waals surface area (Å²) in [7, 11) is 3.28. The van der Waals surface area contributed by atoms with E-state index in [0.29, 0.717) is 25.2 Å². The molecule has 11 heteroatoms. The summed E-state index contributed by atoms with van der Waals surface area (Å²) in [6.45, 7) is 3.39. The second kappa shape index (κ2) is 14.0. The molecule has 43 heavy (non-hydrogen) atoms. The molecule has 2 heterocycles. The van der Waals surface area contributed by atoms with Gasteiger partial charge in [0.15, 0.2) is 0 Å². The van der Waals surface area contributed by atoms with E-state index in [4.69, 9.17) is 10.1 Å². The number of rotatable bonds is 6. The number of benzene rings is 2. The Morgan fingerprint density at radius 2 is 1.67 bits per heavy atom. The van der Waals surface area contributed by atoms with Gasteiger partial charge in [0.1, 0.15) is 18.1 Å². The first kappa shape index (κ1) is 31.3. The molecule has 0 saturated carbocycles. The monoisotopic (exact) mass is 588 g/mol. The lowest BCUT2D eigenvalue weighted by atomic mass is 10.0. The van der Waals surface area contributed by atoms with Crippen LogP contribution in [0.15, 0.2) is 48.6 Å². The molecule has 3 amide bonds. The van der Waals surface area contributed by atoms with Crippen LogP contribution in [0.5, 0.6) is 0 Å². The Hall–Kier alpha value is -4.67. The van der Waals surface area contributed by atoms with Crippen LogP contribution in [0.3, 0.4) is 0 Å². The Morgan fingerprint density at radius 1 is 1.00 bits per heavy atom. The van der Waals surface area contributed by atoms with E-state index < -0.39 is 35.9 Å². The molecule has 4 bridgehead atoms. The van der Waals surface area contributed by atoms with Crippen molar-refractivity contribution in [2.75, 3.05) is 13.7 Å². The fourth-order valence-electron chi connectivity index (χ4n) is 5.46. The van der Waals surface area contributed by atoms with Crippen LogP contribution < -0.4 is 21.3 Å². The van der Waals surface area contributed by atoms with E-state index in [2.05, 4.69) is 50.1 Å². The second-order valence-electron chi connectivity index (χ2n) is 11.0. The minimum Gasteiger partial charge on any atom is -0.467 e. The zero-order chi connectivity index (χ0) is 31.1. The maximum atomic E-state index is 13.6. The molecule has 0 spiro atoms. The van der Waals surface area contributed by atoms with Gasteiger partial charge in [-0.2, -0.15) is 0 Å². The summed E-state index contributed by atoms with van der Waals surface area (Å²) in [6.07, 6.45) is 5.59. The van der Waals surface area contributed by atoms with Crippen molar-refractivity contribution >= 4 is 51.3 Å². The zero-order valence-corrected chi connectivity index (χ0v) is 25.1. The van der Waals surface area contributed by atoms with Gasteiger partial charge >= 0.3 is 5.97 Å². The standard InChI is InChI=1S/C32H40N6O5/c1-19(33)34-15-7-10-25-30(40)37-26(32(42)43-4)9-6-5-8-21-11-13-28-23(16-21)24-17-22(12-14-29(24)38(28)3)18-27(31(41)36-25)35-20(2)39/h5-6,11-14,16-17,25-27H,7-10,15,18H2,1-4H3,(H2,33,34)(H,35,39)(H,36,41)(H,37,40)/b6-5+/t25-,26-,27?/m0/s1. The normalized spacial score (nSPS) is 20.3. The zero-order valence-electron chi connectivity index (χ0n) is 25.1. The van der Waals surface area contributed by atoms with Gasteiger partial charge in [-0.1, -0.05) is 24.3 Å². The number of esters is 1. The molecule has 4 rings (SSSR count). The highest BCUT2D eigenvalue weighted by atomic mass is 16.5. The van der Waals surface area contributed by atoms with E-state index in [1.807, 2.05) is 31.3 Å². The van der Waals surface area contributed by atoms with Crippen molar-refractivity contribution < 1.29 is 23.9 Å². The van der Waals surface area contributed by atoms with Crippen molar-refractivity contribution in [2.45, 2.75) is 64.1 Å². The van der Waals surface area contributed by atoms with Crippen LogP contribution in [0.4, 0.5) is 0 Å². The lowest BCUT2D eigenvalue weighted by Crippen LogP contribution is -2.56. The van der Waals surface area contributed by atoms with Crippen LogP contribution >= 0.6 is 0 Å². The lowest BCUT2D eigenvalue weighted by Gasteiger charge is -2.25. The number of aryl methyl sites for hydroxylation is 1. The van der Waals surface area contributed by atoms with Gasteiger partial charge in [0.05, 0.1) is 12.9 Å². The molecule has 11 nitrogen and oxygen atoms in total. The van der Waals surface area contributed by atoms with Gasteiger partial charge in [0.25, 0.3) is 0 Å². The quantitative estimate of drug-likeness (QED) is 0.0980. The molecule has 1 aliphatic rings. The number of allylic oxidation sites excluding steroid dienone is 1. The third-order valence-electron chi connectivity index (χ3n) is 7.66. The summed E-state index contributed by atoms with van der Waals surface area (Å²) in [6, 6.07) is 9.45. The topological polar surface area (TPSA) is 154 Å². The van der Waals surface area contributed by atoms with Crippen molar-refractivity contribution in [2.24, 2.45) is 7.05 Å². The Labute approximate surface area is 250 Å². The van der Waals surface area contributed by atoms with Crippen LogP contribution in [-0.2, 0) is 43.8 Å². The lowest BCUT2D eigenvalue weighted by molar-refractivity contribution is -0.145. The number of aromatic nitrogens is 1. The van der Waals surface area contributed by atoms with Gasteiger partial charge < -0.3 is 30.6 Å². The van der Waals surface area contributed by atoms with Crippen molar-refractivity contribution in [3.05, 3.63) is 59.7 Å². The van der Waals surface area contributed by atoms with Crippen molar-refractivity contribution in [3.63, 3.8) is 0 Å². The summed E-state index contributed by atoms with van der Waals surface area (Å²) in [5.41, 5.74) is 4.07. The van der Waals surface area contributed by atoms with Crippen LogP contribution in [0, 0.1) is 5.41 Å². The predicted octanol–water partition coefficient (Wildman–Crippen LogP) is 2.39. The number of ether oxygens (including phenoxy) is 1. The Kier molecular flexibility index (Phi) is 10.2. The van der Waals surface area contributed by atoms with E-state index in [1.54, 1.807) is 6.92 Å². The summed E-state index contributed by atoms with van der Waals surface area (Å²) < 4.78 is 7.07. The van der Waals surface area contributed by atoms with Crippen LogP contribution in [0.2, 0.25) is 0 Å². The molecule has 0 saturated heterocycles. The molecule has 228 valence electrons. The van der Waals surface area contributed by atoms with Crippen molar-refractivity contribution in [1.29, 1.82) is 5.41 Å². The molecule has 2 aromatic carbocycles. The molecule has 1 aromatic heterocycles. The van der Waals surface area contributed by atoms with Gasteiger partial charge in [-0.25, -0.2) is 4.79 Å². The second-order valence-corrected chi connectivity index (χ2v) is 11.0. The third-order valence-corrected chi connectivity index (χ3v) is 7.66. The summed E-state index contributed by atoms with van der Waals surface area (Å²) in [5, 5.41) is 20.9. The molecule has 5 N–H and O–H groups in total. The van der Waals surface area contributed by atoms with E-state index in [-0.39, 0.29) is 25.2 Å². The highest BCUT2D eigenvalue weighted by Crippen LogP contribution is 2.30. The van der Waals surface area contributed by atoms with Gasteiger partial charge in [0, 0.05) is 48.7 Å². The fourth-order valence-corrected chi connectivity index (χ4v) is 5.46. The number of nitrogens with one attached hydrogen (secondary N) is 5. The number of hydrogen-bond acceptors (Lipinski definition) is 6. The van der Waals surface area contributed by atoms with E-state index in [1.165, 1.54) is 14.0 Å². The molecule has 3 aromatic rings. The van der Waals surface area contributed by atoms with Crippen LogP contribution in [-0.4, -0.2) is 65.9 Å². The molecule has 0 radical (unpaired) electrons. The Bertz CT molecular complexity index is 1580. The first-order valence-electron chi connectivity index (χ1n) is 14.5. The maximum Gasteiger partial charge on any atom is 0.328 e. The number of amides is 3.